The Morgan fingerprint density at radius 1 is 1.09 bits per heavy atom. The smallest absolute Gasteiger partial charge is 0.411 e. The van der Waals surface area contributed by atoms with E-state index in [1.165, 1.54) is 10.6 Å². The van der Waals surface area contributed by atoms with Gasteiger partial charge in [-0.25, -0.2) is 4.79 Å². The van der Waals surface area contributed by atoms with Crippen LogP contribution in [-0.2, 0) is 4.74 Å². The molecule has 0 fully saturated rings. The topological polar surface area (TPSA) is 106 Å². The van der Waals surface area contributed by atoms with Crippen LogP contribution >= 0.6 is 12.2 Å². The van der Waals surface area contributed by atoms with E-state index >= 15 is 0 Å². The number of hydrogen-bond donors (Lipinski definition) is 3. The lowest BCUT2D eigenvalue weighted by Gasteiger charge is -2.19. The van der Waals surface area contributed by atoms with E-state index in [1.54, 1.807) is 52.0 Å². The summed E-state index contributed by atoms with van der Waals surface area (Å²) in [5.74, 6) is 0.915. The summed E-state index contributed by atoms with van der Waals surface area (Å²) in [4.78, 5) is 27.0. The molecule has 9 heteroatoms. The van der Waals surface area contributed by atoms with Gasteiger partial charge in [0.05, 0.1) is 5.69 Å². The van der Waals surface area contributed by atoms with Crippen molar-refractivity contribution < 1.29 is 19.4 Å². The highest BCUT2D eigenvalue weighted by molar-refractivity contribution is 7.71. The maximum Gasteiger partial charge on any atom is 0.411 e. The first kappa shape index (κ1) is 23.8. The van der Waals surface area contributed by atoms with Gasteiger partial charge in [-0.2, -0.15) is 0 Å². The van der Waals surface area contributed by atoms with Crippen LogP contribution in [0.2, 0.25) is 0 Å². The summed E-state index contributed by atoms with van der Waals surface area (Å²) >= 11 is 5.26. The van der Waals surface area contributed by atoms with E-state index in [0.29, 0.717) is 22.9 Å². The molecule has 0 radical (unpaired) electrons. The molecule has 3 rings (SSSR count). The normalized spacial score (nSPS) is 11.7. The van der Waals surface area contributed by atoms with Crippen LogP contribution < -0.4 is 15.6 Å². The van der Waals surface area contributed by atoms with Crippen molar-refractivity contribution in [2.45, 2.75) is 33.3 Å². The zero-order chi connectivity index (χ0) is 24.2. The van der Waals surface area contributed by atoms with Crippen molar-refractivity contribution in [2.75, 3.05) is 0 Å². The summed E-state index contributed by atoms with van der Waals surface area (Å²) in [6.07, 6.45) is 0.671. The molecular formula is C24H25N3O5S. The Labute approximate surface area is 196 Å². The summed E-state index contributed by atoms with van der Waals surface area (Å²) in [7, 11) is 0. The molecule has 0 unspecified atom stereocenters. The van der Waals surface area contributed by atoms with Crippen molar-refractivity contribution >= 4 is 24.4 Å². The Balaban J connectivity index is 1.90. The van der Waals surface area contributed by atoms with Crippen molar-refractivity contribution in [3.8, 4) is 23.1 Å². The van der Waals surface area contributed by atoms with Crippen LogP contribution in [0.15, 0.2) is 65.1 Å². The molecule has 3 N–H and O–H groups in total. The Bertz CT molecular complexity index is 1290. The fourth-order valence-corrected chi connectivity index (χ4v) is 3.20. The molecule has 2 aromatic carbocycles. The summed E-state index contributed by atoms with van der Waals surface area (Å²) in [5.41, 5.74) is -0.514. The minimum absolute atomic E-state index is 0.0177. The van der Waals surface area contributed by atoms with Crippen molar-refractivity contribution in [2.24, 2.45) is 0 Å². The van der Waals surface area contributed by atoms with Gasteiger partial charge < -0.3 is 14.6 Å². The summed E-state index contributed by atoms with van der Waals surface area (Å²) in [5, 5.41) is 13.4. The summed E-state index contributed by atoms with van der Waals surface area (Å²) < 4.78 is 12.3. The minimum atomic E-state index is -0.673. The molecule has 1 aromatic heterocycles. The number of benzene rings is 2. The number of carbonyl (C=O) groups is 1. The van der Waals surface area contributed by atoms with Crippen LogP contribution in [0.5, 0.6) is 17.4 Å². The first-order valence-corrected chi connectivity index (χ1v) is 10.5. The number of hydrogen-bond acceptors (Lipinski definition) is 6. The van der Waals surface area contributed by atoms with Gasteiger partial charge in [-0.15, -0.1) is 0 Å². The van der Waals surface area contributed by atoms with Gasteiger partial charge in [-0.05, 0) is 82.4 Å². The van der Waals surface area contributed by atoms with E-state index in [-0.39, 0.29) is 16.2 Å². The molecule has 3 aromatic rings. The average Bonchev–Trinajstić information content (AvgIpc) is 2.71. The maximum absolute atomic E-state index is 12.4. The van der Waals surface area contributed by atoms with E-state index in [2.05, 4.69) is 10.3 Å². The highest BCUT2D eigenvalue weighted by atomic mass is 32.1. The molecule has 0 aliphatic heterocycles. The second kappa shape index (κ2) is 9.74. The van der Waals surface area contributed by atoms with Crippen LogP contribution in [0.1, 0.15) is 33.3 Å². The molecule has 0 aliphatic rings. The fraction of sp³-hybridized carbons (Fsp3) is 0.208. The third kappa shape index (κ3) is 6.33. The number of para-hydroxylation sites is 1. The Morgan fingerprint density at radius 3 is 2.30 bits per heavy atom. The largest absolute Gasteiger partial charge is 0.494 e. The standard InChI is InChI=1S/C24H25N3O5S/c1-15(25-23(30)32-24(2,3)4)14-19-20(28)26-22(33)27(21(19)29)16-10-12-18(13-11-16)31-17-8-6-5-7-9-17/h5-14,29H,1-4H3,(H,25,30)(H,26,28,33). The van der Waals surface area contributed by atoms with Gasteiger partial charge in [0, 0.05) is 5.70 Å². The average molecular weight is 468 g/mol. The van der Waals surface area contributed by atoms with Crippen molar-refractivity contribution in [1.29, 1.82) is 0 Å². The van der Waals surface area contributed by atoms with Crippen LogP contribution in [0.25, 0.3) is 11.8 Å². The zero-order valence-corrected chi connectivity index (χ0v) is 19.5. The minimum Gasteiger partial charge on any atom is -0.494 e. The highest BCUT2D eigenvalue weighted by Crippen LogP contribution is 2.25. The van der Waals surface area contributed by atoms with Gasteiger partial charge in [0.2, 0.25) is 5.88 Å². The molecule has 8 nitrogen and oxygen atoms in total. The Morgan fingerprint density at radius 2 is 1.70 bits per heavy atom. The van der Waals surface area contributed by atoms with Crippen LogP contribution in [0, 0.1) is 4.77 Å². The zero-order valence-electron chi connectivity index (χ0n) is 18.7. The monoisotopic (exact) mass is 467 g/mol. The molecule has 1 heterocycles. The molecule has 0 spiro atoms. The predicted molar refractivity (Wildman–Crippen MR) is 128 cm³/mol. The Hall–Kier alpha value is -3.85. The van der Waals surface area contributed by atoms with Gasteiger partial charge in [0.15, 0.2) is 4.77 Å². The number of allylic oxidation sites excluding steroid dienone is 1. The highest BCUT2D eigenvalue weighted by Gasteiger charge is 2.17. The number of carbonyl (C=O) groups excluding carboxylic acids is 1. The van der Waals surface area contributed by atoms with Crippen molar-refractivity contribution in [1.82, 2.24) is 14.9 Å². The van der Waals surface area contributed by atoms with E-state index in [4.69, 9.17) is 21.7 Å². The molecule has 1 amide bonds. The SMILES string of the molecule is CC(=Cc1c(O)n(-c2ccc(Oc3ccccc3)cc2)c(=S)[nH]c1=O)NC(=O)OC(C)(C)C. The summed E-state index contributed by atoms with van der Waals surface area (Å²) in [6.45, 7) is 6.79. The van der Waals surface area contributed by atoms with E-state index < -0.39 is 17.3 Å². The molecular weight excluding hydrogens is 442 g/mol. The molecule has 33 heavy (non-hydrogen) atoms. The number of aromatic nitrogens is 2. The van der Waals surface area contributed by atoms with E-state index in [0.717, 1.165) is 0 Å². The van der Waals surface area contributed by atoms with Crippen molar-refractivity contribution in [3.05, 3.63) is 81.0 Å². The number of H-pyrrole nitrogens is 1. The van der Waals surface area contributed by atoms with Gasteiger partial charge >= 0.3 is 6.09 Å². The van der Waals surface area contributed by atoms with Gasteiger partial charge in [-0.1, -0.05) is 18.2 Å². The summed E-state index contributed by atoms with van der Waals surface area (Å²) in [6, 6.07) is 16.2. The number of nitrogens with zero attached hydrogens (tertiary/aromatic N) is 1. The molecule has 0 saturated carbocycles. The first-order valence-electron chi connectivity index (χ1n) is 10.1. The number of rotatable bonds is 5. The lowest BCUT2D eigenvalue weighted by molar-refractivity contribution is 0.0546. The van der Waals surface area contributed by atoms with Crippen LogP contribution in [0.3, 0.4) is 0 Å². The van der Waals surface area contributed by atoms with Gasteiger partial charge in [0.1, 0.15) is 22.7 Å². The number of nitrogens with one attached hydrogen (secondary N) is 2. The predicted octanol–water partition coefficient (Wildman–Crippen LogP) is 5.28. The third-order valence-electron chi connectivity index (χ3n) is 4.25. The quantitative estimate of drug-likeness (QED) is 0.441. The maximum atomic E-state index is 12.4. The lowest BCUT2D eigenvalue weighted by Crippen LogP contribution is -2.31. The molecule has 0 aliphatic carbocycles. The number of amides is 1. The molecule has 0 atom stereocenters. The first-order chi connectivity index (χ1) is 15.5. The number of aromatic amines is 1. The van der Waals surface area contributed by atoms with Gasteiger partial charge in [0.25, 0.3) is 5.56 Å². The number of aromatic hydroxyl groups is 1. The second-order valence-corrected chi connectivity index (χ2v) is 8.58. The third-order valence-corrected chi connectivity index (χ3v) is 4.54. The fourth-order valence-electron chi connectivity index (χ4n) is 2.91. The van der Waals surface area contributed by atoms with E-state index in [1.807, 2.05) is 30.3 Å². The molecule has 172 valence electrons. The molecule has 0 saturated heterocycles. The van der Waals surface area contributed by atoms with Gasteiger partial charge in [-0.3, -0.25) is 19.7 Å². The number of ether oxygens (including phenoxy) is 2. The lowest BCUT2D eigenvalue weighted by atomic mass is 10.2. The number of alkyl carbamates (subject to hydrolysis) is 1. The van der Waals surface area contributed by atoms with Crippen LogP contribution in [0.4, 0.5) is 4.79 Å². The molecule has 0 bridgehead atoms. The van der Waals surface area contributed by atoms with Crippen LogP contribution in [-0.4, -0.2) is 26.4 Å². The van der Waals surface area contributed by atoms with E-state index in [9.17, 15) is 14.7 Å². The Kier molecular flexibility index (Phi) is 7.03. The van der Waals surface area contributed by atoms with Crippen molar-refractivity contribution in [3.63, 3.8) is 0 Å². The second-order valence-electron chi connectivity index (χ2n) is 8.20.